The van der Waals surface area contributed by atoms with Gasteiger partial charge >= 0.3 is 0 Å². The van der Waals surface area contributed by atoms with Gasteiger partial charge in [-0.05, 0) is 46.6 Å². The van der Waals surface area contributed by atoms with Gasteiger partial charge in [-0.3, -0.25) is 0 Å². The molecule has 0 amide bonds. The van der Waals surface area contributed by atoms with Gasteiger partial charge in [0, 0.05) is 6.20 Å². The monoisotopic (exact) mass is 370 g/mol. The van der Waals surface area contributed by atoms with E-state index < -0.39 is 0 Å². The van der Waals surface area contributed by atoms with Crippen LogP contribution in [0.3, 0.4) is 0 Å². The number of methoxy groups -OCH3 is 2. The maximum Gasteiger partial charge on any atom is 0.161 e. The van der Waals surface area contributed by atoms with Crippen molar-refractivity contribution in [2.75, 3.05) is 19.5 Å². The van der Waals surface area contributed by atoms with Crippen molar-refractivity contribution in [3.05, 3.63) is 45.5 Å². The van der Waals surface area contributed by atoms with E-state index in [0.29, 0.717) is 16.5 Å². The van der Waals surface area contributed by atoms with Crippen LogP contribution in [0, 0.1) is 0 Å². The van der Waals surface area contributed by atoms with Crippen LogP contribution in [-0.2, 0) is 0 Å². The van der Waals surface area contributed by atoms with Crippen LogP contribution in [0.5, 0.6) is 11.5 Å². The minimum atomic E-state index is 0.0507. The lowest BCUT2D eigenvalue weighted by Gasteiger charge is -2.17. The normalized spacial score (nSPS) is 11.9. The number of nitrogens with zero attached hydrogens (tertiary/aromatic N) is 1. The van der Waals surface area contributed by atoms with E-state index in [-0.39, 0.29) is 6.04 Å². The van der Waals surface area contributed by atoms with Gasteiger partial charge in [-0.25, -0.2) is 4.98 Å². The number of halogens is 2. The Labute approximate surface area is 137 Å². The molecule has 1 N–H and O–H groups in total. The van der Waals surface area contributed by atoms with Crippen LogP contribution in [0.4, 0.5) is 5.82 Å². The van der Waals surface area contributed by atoms with Crippen molar-refractivity contribution in [3.8, 4) is 11.5 Å². The second-order valence-electron chi connectivity index (χ2n) is 4.46. The minimum absolute atomic E-state index is 0.0507. The van der Waals surface area contributed by atoms with Gasteiger partial charge < -0.3 is 14.8 Å². The van der Waals surface area contributed by atoms with Gasteiger partial charge in [0.2, 0.25) is 0 Å². The molecule has 1 unspecified atom stereocenters. The second-order valence-corrected chi connectivity index (χ2v) is 5.76. The van der Waals surface area contributed by atoms with Crippen molar-refractivity contribution in [2.45, 2.75) is 13.0 Å². The van der Waals surface area contributed by atoms with Crippen molar-refractivity contribution in [1.29, 1.82) is 0 Å². The van der Waals surface area contributed by atoms with Gasteiger partial charge in [-0.1, -0.05) is 17.7 Å². The summed E-state index contributed by atoms with van der Waals surface area (Å²) in [7, 11) is 3.24. The predicted molar refractivity (Wildman–Crippen MR) is 88.5 cm³/mol. The van der Waals surface area contributed by atoms with E-state index in [2.05, 4.69) is 26.2 Å². The average molecular weight is 372 g/mol. The average Bonchev–Trinajstić information content (AvgIpc) is 2.49. The Morgan fingerprint density at radius 2 is 1.90 bits per heavy atom. The lowest BCUT2D eigenvalue weighted by atomic mass is 10.1. The molecule has 0 fully saturated rings. The fraction of sp³-hybridized carbons (Fsp3) is 0.267. The highest BCUT2D eigenvalue weighted by atomic mass is 79.9. The van der Waals surface area contributed by atoms with E-state index in [0.717, 1.165) is 15.9 Å². The molecule has 0 aliphatic carbocycles. The lowest BCUT2D eigenvalue weighted by Crippen LogP contribution is -2.08. The molecule has 1 atom stereocenters. The quantitative estimate of drug-likeness (QED) is 0.828. The van der Waals surface area contributed by atoms with Crippen LogP contribution in [0.15, 0.2) is 34.9 Å². The first kappa shape index (κ1) is 15.9. The number of pyridine rings is 1. The fourth-order valence-electron chi connectivity index (χ4n) is 1.93. The molecule has 112 valence electrons. The Morgan fingerprint density at radius 3 is 2.52 bits per heavy atom. The summed E-state index contributed by atoms with van der Waals surface area (Å²) in [5.74, 6) is 2.15. The van der Waals surface area contributed by atoms with Gasteiger partial charge in [-0.15, -0.1) is 0 Å². The molecular weight excluding hydrogens is 356 g/mol. The summed E-state index contributed by atoms with van der Waals surface area (Å²) < 4.78 is 11.4. The molecule has 1 aromatic carbocycles. The van der Waals surface area contributed by atoms with E-state index >= 15 is 0 Å². The Morgan fingerprint density at radius 1 is 1.19 bits per heavy atom. The van der Waals surface area contributed by atoms with Crippen molar-refractivity contribution in [2.24, 2.45) is 0 Å². The zero-order valence-electron chi connectivity index (χ0n) is 12.0. The first-order chi connectivity index (χ1) is 10.0. The number of anilines is 1. The van der Waals surface area contributed by atoms with Gasteiger partial charge in [0.15, 0.2) is 11.5 Å². The number of hydrogen-bond donors (Lipinski definition) is 1. The lowest BCUT2D eigenvalue weighted by molar-refractivity contribution is 0.354. The van der Waals surface area contributed by atoms with Gasteiger partial charge in [0.1, 0.15) is 5.82 Å². The number of benzene rings is 1. The molecule has 0 bridgehead atoms. The van der Waals surface area contributed by atoms with E-state index in [1.54, 1.807) is 26.5 Å². The first-order valence-electron chi connectivity index (χ1n) is 6.34. The topological polar surface area (TPSA) is 43.4 Å². The summed E-state index contributed by atoms with van der Waals surface area (Å²) in [4.78, 5) is 4.27. The molecule has 2 aromatic rings. The van der Waals surface area contributed by atoms with Crippen LogP contribution in [0.25, 0.3) is 0 Å². The van der Waals surface area contributed by atoms with E-state index in [1.807, 2.05) is 25.1 Å². The first-order valence-corrected chi connectivity index (χ1v) is 7.51. The summed E-state index contributed by atoms with van der Waals surface area (Å²) in [6.07, 6.45) is 1.61. The molecule has 1 aromatic heterocycles. The fourth-order valence-corrected chi connectivity index (χ4v) is 2.68. The SMILES string of the molecule is COc1ccc(C(C)Nc2ncc(Cl)cc2Br)cc1OC. The third-order valence-electron chi connectivity index (χ3n) is 3.07. The summed E-state index contributed by atoms with van der Waals surface area (Å²) >= 11 is 9.34. The van der Waals surface area contributed by atoms with E-state index in [9.17, 15) is 0 Å². The van der Waals surface area contributed by atoms with Gasteiger partial charge in [-0.2, -0.15) is 0 Å². The molecule has 0 spiro atoms. The molecule has 0 radical (unpaired) electrons. The van der Waals surface area contributed by atoms with Gasteiger partial charge in [0.05, 0.1) is 29.8 Å². The molecular formula is C15H16BrClN2O2. The highest BCUT2D eigenvalue weighted by molar-refractivity contribution is 9.10. The maximum absolute atomic E-state index is 5.89. The van der Waals surface area contributed by atoms with Crippen molar-refractivity contribution >= 4 is 33.3 Å². The molecule has 0 saturated carbocycles. The van der Waals surface area contributed by atoms with Crippen LogP contribution in [0.1, 0.15) is 18.5 Å². The Hall–Kier alpha value is -1.46. The molecule has 1 heterocycles. The smallest absolute Gasteiger partial charge is 0.161 e. The second kappa shape index (κ2) is 7.00. The van der Waals surface area contributed by atoms with Gasteiger partial charge in [0.25, 0.3) is 0 Å². The Kier molecular flexibility index (Phi) is 5.31. The van der Waals surface area contributed by atoms with Crippen LogP contribution in [-0.4, -0.2) is 19.2 Å². The summed E-state index contributed by atoms with van der Waals surface area (Å²) in [5.41, 5.74) is 1.07. The number of hydrogen-bond acceptors (Lipinski definition) is 4. The third kappa shape index (κ3) is 3.80. The number of nitrogens with one attached hydrogen (secondary N) is 1. The Balaban J connectivity index is 2.21. The summed E-state index contributed by atoms with van der Waals surface area (Å²) in [5, 5.41) is 3.92. The van der Waals surface area contributed by atoms with Crippen molar-refractivity contribution in [3.63, 3.8) is 0 Å². The van der Waals surface area contributed by atoms with Crippen molar-refractivity contribution < 1.29 is 9.47 Å². The van der Waals surface area contributed by atoms with Crippen molar-refractivity contribution in [1.82, 2.24) is 4.98 Å². The van der Waals surface area contributed by atoms with Crippen LogP contribution in [0.2, 0.25) is 5.02 Å². The summed E-state index contributed by atoms with van der Waals surface area (Å²) in [6, 6.07) is 7.67. The molecule has 0 saturated heterocycles. The number of aromatic nitrogens is 1. The van der Waals surface area contributed by atoms with E-state index in [1.165, 1.54) is 0 Å². The Bertz CT molecular complexity index is 637. The standard InChI is InChI=1S/C15H16BrClN2O2/c1-9(19-15-12(16)7-11(17)8-18-15)10-4-5-13(20-2)14(6-10)21-3/h4-9H,1-3H3,(H,18,19). The highest BCUT2D eigenvalue weighted by Crippen LogP contribution is 2.32. The summed E-state index contributed by atoms with van der Waals surface area (Å²) in [6.45, 7) is 2.05. The number of rotatable bonds is 5. The zero-order chi connectivity index (χ0) is 15.4. The third-order valence-corrected chi connectivity index (χ3v) is 3.88. The minimum Gasteiger partial charge on any atom is -0.493 e. The molecule has 21 heavy (non-hydrogen) atoms. The zero-order valence-corrected chi connectivity index (χ0v) is 14.3. The van der Waals surface area contributed by atoms with Crippen LogP contribution >= 0.6 is 27.5 Å². The molecule has 2 rings (SSSR count). The maximum atomic E-state index is 5.89. The van der Waals surface area contributed by atoms with E-state index in [4.69, 9.17) is 21.1 Å². The molecule has 4 nitrogen and oxygen atoms in total. The van der Waals surface area contributed by atoms with Crippen LogP contribution < -0.4 is 14.8 Å². The number of ether oxygens (including phenoxy) is 2. The molecule has 0 aliphatic rings. The molecule has 6 heteroatoms. The largest absolute Gasteiger partial charge is 0.493 e. The predicted octanol–water partition coefficient (Wildman–Crippen LogP) is 4.69. The highest BCUT2D eigenvalue weighted by Gasteiger charge is 2.12. The molecule has 0 aliphatic heterocycles.